The Bertz CT molecular complexity index is 122. The molecule has 0 fully saturated rings. The Morgan fingerprint density at radius 2 is 2.12 bits per heavy atom. The molecule has 0 atom stereocenters. The third kappa shape index (κ3) is 4.95. The van der Waals surface area contributed by atoms with Crippen LogP contribution in [-0.2, 0) is 4.79 Å². The topological polar surface area (TPSA) is 37.3 Å². The van der Waals surface area contributed by atoms with Gasteiger partial charge in [-0.1, -0.05) is 6.08 Å². The number of ketones is 1. The summed E-state index contributed by atoms with van der Waals surface area (Å²) in [6, 6.07) is 0. The minimum absolute atomic E-state index is 0.0249. The second-order valence-corrected chi connectivity index (χ2v) is 1.31. The molecule has 0 bridgehead atoms. The first-order chi connectivity index (χ1) is 3.77. The van der Waals surface area contributed by atoms with Crippen LogP contribution in [0.3, 0.4) is 0 Å². The monoisotopic (exact) mass is 112 g/mol. The molecule has 0 amide bonds. The summed E-state index contributed by atoms with van der Waals surface area (Å²) in [6.07, 6.45) is 5.09. The van der Waals surface area contributed by atoms with Crippen LogP contribution >= 0.6 is 0 Å². The van der Waals surface area contributed by atoms with Crippen molar-refractivity contribution in [3.63, 3.8) is 0 Å². The Labute approximate surface area is 48.1 Å². The molecule has 0 spiro atoms. The summed E-state index contributed by atoms with van der Waals surface area (Å²) < 4.78 is 0. The fourth-order valence-electron chi connectivity index (χ4n) is 0.241. The number of allylic oxidation sites excluding steroid dienone is 3. The van der Waals surface area contributed by atoms with E-state index in [9.17, 15) is 4.79 Å². The van der Waals surface area contributed by atoms with Gasteiger partial charge in [0.15, 0.2) is 5.78 Å². The van der Waals surface area contributed by atoms with Gasteiger partial charge in [-0.2, -0.15) is 0 Å². The largest absolute Gasteiger partial charge is 0.516 e. The number of carbonyl (C=O) groups excluding carboxylic acids is 1. The molecule has 8 heavy (non-hydrogen) atoms. The van der Waals surface area contributed by atoms with Crippen LogP contribution in [0.4, 0.5) is 0 Å². The first kappa shape index (κ1) is 6.95. The van der Waals surface area contributed by atoms with Crippen LogP contribution in [-0.4, -0.2) is 10.9 Å². The standard InChI is InChI=1S/C6H8O2/c1-6(8)4-2-3-5-7/h2-5,7H,1H3/b4-2+,5-3+. The summed E-state index contributed by atoms with van der Waals surface area (Å²) in [6.45, 7) is 1.45. The van der Waals surface area contributed by atoms with Crippen LogP contribution in [0.2, 0.25) is 0 Å². The number of aliphatic hydroxyl groups is 1. The zero-order valence-corrected chi connectivity index (χ0v) is 4.66. The molecule has 0 aromatic rings. The Hall–Kier alpha value is -1.05. The minimum atomic E-state index is -0.0249. The molecule has 0 aliphatic rings. The predicted molar refractivity (Wildman–Crippen MR) is 31.6 cm³/mol. The molecule has 0 aromatic carbocycles. The van der Waals surface area contributed by atoms with Gasteiger partial charge >= 0.3 is 0 Å². The SMILES string of the molecule is CC(=O)/C=C/C=C/O. The van der Waals surface area contributed by atoms with Crippen molar-refractivity contribution in [3.05, 3.63) is 24.5 Å². The van der Waals surface area contributed by atoms with Gasteiger partial charge in [0, 0.05) is 0 Å². The van der Waals surface area contributed by atoms with Crippen LogP contribution in [0.15, 0.2) is 24.5 Å². The molecule has 0 saturated carbocycles. The quantitative estimate of drug-likeness (QED) is 0.331. The average Bonchev–Trinajstić information content (AvgIpc) is 1.66. The van der Waals surface area contributed by atoms with E-state index in [4.69, 9.17) is 5.11 Å². The van der Waals surface area contributed by atoms with Crippen molar-refractivity contribution in [3.8, 4) is 0 Å². The van der Waals surface area contributed by atoms with E-state index in [-0.39, 0.29) is 5.78 Å². The van der Waals surface area contributed by atoms with Gasteiger partial charge in [-0.3, -0.25) is 4.79 Å². The van der Waals surface area contributed by atoms with E-state index in [1.165, 1.54) is 25.2 Å². The van der Waals surface area contributed by atoms with Crippen LogP contribution in [0.1, 0.15) is 6.92 Å². The van der Waals surface area contributed by atoms with E-state index in [2.05, 4.69) is 0 Å². The Morgan fingerprint density at radius 3 is 2.50 bits per heavy atom. The van der Waals surface area contributed by atoms with Crippen LogP contribution in [0.25, 0.3) is 0 Å². The Morgan fingerprint density at radius 1 is 1.50 bits per heavy atom. The fourth-order valence-corrected chi connectivity index (χ4v) is 0.241. The zero-order valence-electron chi connectivity index (χ0n) is 4.66. The van der Waals surface area contributed by atoms with Gasteiger partial charge in [0.1, 0.15) is 0 Å². The summed E-state index contributed by atoms with van der Waals surface area (Å²) in [4.78, 5) is 10.1. The zero-order chi connectivity index (χ0) is 6.41. The summed E-state index contributed by atoms with van der Waals surface area (Å²) in [5, 5.41) is 8.04. The molecule has 2 heteroatoms. The lowest BCUT2D eigenvalue weighted by atomic mass is 10.4. The maximum absolute atomic E-state index is 10.1. The van der Waals surface area contributed by atoms with Gasteiger partial charge in [-0.25, -0.2) is 0 Å². The van der Waals surface area contributed by atoms with Gasteiger partial charge in [-0.15, -0.1) is 0 Å². The first-order valence-electron chi connectivity index (χ1n) is 2.25. The van der Waals surface area contributed by atoms with Crippen molar-refractivity contribution in [2.24, 2.45) is 0 Å². The Kier molecular flexibility index (Phi) is 3.58. The van der Waals surface area contributed by atoms with Crippen molar-refractivity contribution in [1.29, 1.82) is 0 Å². The van der Waals surface area contributed by atoms with Crippen molar-refractivity contribution < 1.29 is 9.90 Å². The molecule has 0 rings (SSSR count). The van der Waals surface area contributed by atoms with E-state index in [1.54, 1.807) is 0 Å². The summed E-state index contributed by atoms with van der Waals surface area (Å²) >= 11 is 0. The fraction of sp³-hybridized carbons (Fsp3) is 0.167. The lowest BCUT2D eigenvalue weighted by molar-refractivity contribution is -0.112. The van der Waals surface area contributed by atoms with Gasteiger partial charge in [0.05, 0.1) is 6.26 Å². The molecule has 0 heterocycles. The van der Waals surface area contributed by atoms with Crippen LogP contribution in [0.5, 0.6) is 0 Å². The summed E-state index contributed by atoms with van der Waals surface area (Å²) in [7, 11) is 0. The molecule has 2 nitrogen and oxygen atoms in total. The molecule has 1 N–H and O–H groups in total. The van der Waals surface area contributed by atoms with Crippen LogP contribution in [0, 0.1) is 0 Å². The lowest BCUT2D eigenvalue weighted by Gasteiger charge is -1.71. The second kappa shape index (κ2) is 4.12. The molecule has 0 aromatic heterocycles. The highest BCUT2D eigenvalue weighted by Gasteiger charge is 1.75. The molecule has 0 aliphatic carbocycles. The van der Waals surface area contributed by atoms with Gasteiger partial charge < -0.3 is 5.11 Å². The number of rotatable bonds is 2. The number of aliphatic hydroxyl groups excluding tert-OH is 1. The molecule has 44 valence electrons. The normalized spacial score (nSPS) is 11.1. The van der Waals surface area contributed by atoms with Gasteiger partial charge in [-0.05, 0) is 19.1 Å². The van der Waals surface area contributed by atoms with Crippen molar-refractivity contribution >= 4 is 5.78 Å². The minimum Gasteiger partial charge on any atom is -0.516 e. The maximum atomic E-state index is 10.1. The van der Waals surface area contributed by atoms with Gasteiger partial charge in [0.2, 0.25) is 0 Å². The number of hydrogen-bond donors (Lipinski definition) is 1. The van der Waals surface area contributed by atoms with Gasteiger partial charge in [0.25, 0.3) is 0 Å². The number of hydrogen-bond acceptors (Lipinski definition) is 2. The molecule has 0 aliphatic heterocycles. The highest BCUT2D eigenvalue weighted by molar-refractivity contribution is 5.87. The van der Waals surface area contributed by atoms with Crippen molar-refractivity contribution in [1.82, 2.24) is 0 Å². The van der Waals surface area contributed by atoms with Crippen molar-refractivity contribution in [2.75, 3.05) is 0 Å². The summed E-state index contributed by atoms with van der Waals surface area (Å²) in [5.74, 6) is -0.0249. The van der Waals surface area contributed by atoms with E-state index in [0.29, 0.717) is 0 Å². The third-order valence-electron chi connectivity index (χ3n) is 0.528. The average molecular weight is 112 g/mol. The highest BCUT2D eigenvalue weighted by atomic mass is 16.2. The third-order valence-corrected chi connectivity index (χ3v) is 0.528. The van der Waals surface area contributed by atoms with E-state index in [1.807, 2.05) is 0 Å². The van der Waals surface area contributed by atoms with E-state index >= 15 is 0 Å². The van der Waals surface area contributed by atoms with E-state index < -0.39 is 0 Å². The summed E-state index contributed by atoms with van der Waals surface area (Å²) in [5.41, 5.74) is 0. The lowest BCUT2D eigenvalue weighted by Crippen LogP contribution is -1.77. The number of carbonyl (C=O) groups is 1. The Balaban J connectivity index is 3.50. The highest BCUT2D eigenvalue weighted by Crippen LogP contribution is 1.75. The van der Waals surface area contributed by atoms with Crippen LogP contribution < -0.4 is 0 Å². The maximum Gasteiger partial charge on any atom is 0.152 e. The molecule has 0 saturated heterocycles. The molecular weight excluding hydrogens is 104 g/mol. The smallest absolute Gasteiger partial charge is 0.152 e. The first-order valence-corrected chi connectivity index (χ1v) is 2.25. The molecule has 0 radical (unpaired) electrons. The molecular formula is C6H8O2. The van der Waals surface area contributed by atoms with Crippen molar-refractivity contribution in [2.45, 2.75) is 6.92 Å². The second-order valence-electron chi connectivity index (χ2n) is 1.31. The molecule has 0 unspecified atom stereocenters. The predicted octanol–water partition coefficient (Wildman–Crippen LogP) is 1.20. The van der Waals surface area contributed by atoms with E-state index in [0.717, 1.165) is 6.26 Å².